The molecule has 1 aromatic carbocycles. The first kappa shape index (κ1) is 14.3. The van der Waals surface area contributed by atoms with Crippen LogP contribution in [0.2, 0.25) is 0 Å². The molecule has 1 amide bonds. The summed E-state index contributed by atoms with van der Waals surface area (Å²) in [6.07, 6.45) is 0. The van der Waals surface area contributed by atoms with E-state index in [1.54, 1.807) is 0 Å². The molecule has 0 bridgehead atoms. The molecule has 1 aliphatic heterocycles. The van der Waals surface area contributed by atoms with E-state index in [2.05, 4.69) is 5.32 Å². The molecule has 0 spiro atoms. The van der Waals surface area contributed by atoms with E-state index in [1.807, 2.05) is 6.92 Å². The summed E-state index contributed by atoms with van der Waals surface area (Å²) in [5, 5.41) is 14.0. The lowest BCUT2D eigenvalue weighted by Crippen LogP contribution is -2.51. The van der Waals surface area contributed by atoms with E-state index in [0.717, 1.165) is 0 Å². The van der Waals surface area contributed by atoms with Crippen molar-refractivity contribution >= 4 is 11.6 Å². The van der Waals surface area contributed by atoms with Crippen LogP contribution in [0.1, 0.15) is 17.3 Å². The Morgan fingerprint density at radius 3 is 2.70 bits per heavy atom. The summed E-state index contributed by atoms with van der Waals surface area (Å²) in [6.45, 7) is 3.12. The number of amides is 1. The Kier molecular flexibility index (Phi) is 3.93. The molecule has 0 unspecified atom stereocenters. The minimum absolute atomic E-state index is 0.0389. The average molecular weight is 285 g/mol. The molecule has 6 nitrogen and oxygen atoms in total. The molecular weight excluding hydrogens is 272 g/mol. The number of piperazine rings is 1. The molecule has 1 N–H and O–H groups in total. The lowest BCUT2D eigenvalue weighted by molar-refractivity contribution is -0.385. The van der Waals surface area contributed by atoms with E-state index in [1.165, 1.54) is 4.90 Å². The Labute approximate surface area is 113 Å². The van der Waals surface area contributed by atoms with Crippen molar-refractivity contribution in [2.45, 2.75) is 13.0 Å². The van der Waals surface area contributed by atoms with Crippen LogP contribution in [0, 0.1) is 21.7 Å². The number of carbonyl (C=O) groups is 1. The SMILES string of the molecule is C[C@@H]1CN(C(=O)c2cc(F)c(F)cc2[N+](=O)[O-])CCN1. The van der Waals surface area contributed by atoms with Crippen LogP contribution < -0.4 is 5.32 Å². The Morgan fingerprint density at radius 2 is 2.10 bits per heavy atom. The summed E-state index contributed by atoms with van der Waals surface area (Å²) in [5.41, 5.74) is -1.15. The summed E-state index contributed by atoms with van der Waals surface area (Å²) in [4.78, 5) is 23.6. The molecule has 20 heavy (non-hydrogen) atoms. The van der Waals surface area contributed by atoms with Gasteiger partial charge < -0.3 is 10.2 Å². The molecule has 1 heterocycles. The summed E-state index contributed by atoms with van der Waals surface area (Å²) in [6, 6.07) is 1.06. The van der Waals surface area contributed by atoms with Crippen LogP contribution in [0.3, 0.4) is 0 Å². The van der Waals surface area contributed by atoms with Crippen LogP contribution in [0.5, 0.6) is 0 Å². The topological polar surface area (TPSA) is 75.5 Å². The Hall–Kier alpha value is -2.09. The second kappa shape index (κ2) is 5.49. The first-order valence-corrected chi connectivity index (χ1v) is 6.06. The number of nitrogens with zero attached hydrogens (tertiary/aromatic N) is 2. The Morgan fingerprint density at radius 1 is 1.45 bits per heavy atom. The predicted molar refractivity (Wildman–Crippen MR) is 66.4 cm³/mol. The largest absolute Gasteiger partial charge is 0.336 e. The van der Waals surface area contributed by atoms with Gasteiger partial charge in [0.2, 0.25) is 0 Å². The highest BCUT2D eigenvalue weighted by molar-refractivity contribution is 5.98. The number of nitro benzene ring substituents is 1. The summed E-state index contributed by atoms with van der Waals surface area (Å²) in [7, 11) is 0. The third-order valence-electron chi connectivity index (χ3n) is 3.12. The fourth-order valence-electron chi connectivity index (χ4n) is 2.15. The third kappa shape index (κ3) is 2.74. The van der Waals surface area contributed by atoms with Crippen molar-refractivity contribution in [3.8, 4) is 0 Å². The van der Waals surface area contributed by atoms with Gasteiger partial charge in [0.1, 0.15) is 5.56 Å². The molecule has 0 radical (unpaired) electrons. The molecular formula is C12H13F2N3O3. The van der Waals surface area contributed by atoms with Gasteiger partial charge in [-0.05, 0) is 13.0 Å². The molecule has 2 rings (SSSR count). The molecule has 1 aliphatic rings. The Balaban J connectivity index is 2.38. The number of hydrogen-bond acceptors (Lipinski definition) is 4. The van der Waals surface area contributed by atoms with Crippen molar-refractivity contribution in [2.75, 3.05) is 19.6 Å². The van der Waals surface area contributed by atoms with Crippen LogP contribution >= 0.6 is 0 Å². The Bertz CT molecular complexity index is 565. The molecule has 1 aromatic rings. The minimum atomic E-state index is -1.35. The van der Waals surface area contributed by atoms with E-state index < -0.39 is 33.7 Å². The van der Waals surface area contributed by atoms with Crippen LogP contribution in [-0.2, 0) is 0 Å². The molecule has 108 valence electrons. The number of hydrogen-bond donors (Lipinski definition) is 1. The summed E-state index contributed by atoms with van der Waals surface area (Å²) < 4.78 is 26.3. The zero-order valence-corrected chi connectivity index (χ0v) is 10.7. The predicted octanol–water partition coefficient (Wildman–Crippen LogP) is 1.31. The van der Waals surface area contributed by atoms with Crippen molar-refractivity contribution in [1.82, 2.24) is 10.2 Å². The molecule has 0 aromatic heterocycles. The van der Waals surface area contributed by atoms with Crippen molar-refractivity contribution in [2.24, 2.45) is 0 Å². The number of carbonyl (C=O) groups excluding carboxylic acids is 1. The molecule has 1 fully saturated rings. The van der Waals surface area contributed by atoms with E-state index >= 15 is 0 Å². The standard InChI is InChI=1S/C12H13F2N3O3/c1-7-6-16(3-2-15-7)12(18)8-4-9(13)10(14)5-11(8)17(19)20/h4-5,7,15H,2-3,6H2,1H3/t7-/m1/s1. The normalized spacial score (nSPS) is 18.9. The first-order valence-electron chi connectivity index (χ1n) is 6.06. The van der Waals surface area contributed by atoms with Crippen molar-refractivity contribution < 1.29 is 18.5 Å². The lowest BCUT2D eigenvalue weighted by atomic mass is 10.1. The van der Waals surface area contributed by atoms with Crippen molar-refractivity contribution in [3.05, 3.63) is 39.4 Å². The van der Waals surface area contributed by atoms with Gasteiger partial charge in [-0.15, -0.1) is 0 Å². The smallest absolute Gasteiger partial charge is 0.285 e. The first-order chi connectivity index (χ1) is 9.40. The zero-order valence-electron chi connectivity index (χ0n) is 10.7. The second-order valence-corrected chi connectivity index (χ2v) is 4.65. The van der Waals surface area contributed by atoms with Crippen molar-refractivity contribution in [3.63, 3.8) is 0 Å². The van der Waals surface area contributed by atoms with Gasteiger partial charge in [0.05, 0.1) is 11.0 Å². The maximum atomic E-state index is 13.2. The van der Waals surface area contributed by atoms with Crippen LogP contribution in [-0.4, -0.2) is 41.4 Å². The summed E-state index contributed by atoms with van der Waals surface area (Å²) in [5.74, 6) is -3.28. The number of halogens is 2. The monoisotopic (exact) mass is 285 g/mol. The van der Waals surface area contributed by atoms with Gasteiger partial charge in [0.25, 0.3) is 11.6 Å². The highest BCUT2D eigenvalue weighted by Crippen LogP contribution is 2.24. The van der Waals surface area contributed by atoms with Gasteiger partial charge in [-0.3, -0.25) is 14.9 Å². The molecule has 1 atom stereocenters. The fourth-order valence-corrected chi connectivity index (χ4v) is 2.15. The van der Waals surface area contributed by atoms with Crippen LogP contribution in [0.4, 0.5) is 14.5 Å². The van der Waals surface area contributed by atoms with Crippen LogP contribution in [0.15, 0.2) is 12.1 Å². The van der Waals surface area contributed by atoms with E-state index in [0.29, 0.717) is 31.8 Å². The maximum absolute atomic E-state index is 13.2. The van der Waals surface area contributed by atoms with Gasteiger partial charge in [-0.2, -0.15) is 0 Å². The molecule has 0 saturated carbocycles. The molecule has 1 saturated heterocycles. The minimum Gasteiger partial charge on any atom is -0.336 e. The molecule has 0 aliphatic carbocycles. The van der Waals surface area contributed by atoms with Crippen LogP contribution in [0.25, 0.3) is 0 Å². The molecule has 8 heteroatoms. The van der Waals surface area contributed by atoms with E-state index in [9.17, 15) is 23.7 Å². The summed E-state index contributed by atoms with van der Waals surface area (Å²) >= 11 is 0. The van der Waals surface area contributed by atoms with Gasteiger partial charge >= 0.3 is 0 Å². The van der Waals surface area contributed by atoms with Crippen molar-refractivity contribution in [1.29, 1.82) is 0 Å². The van der Waals surface area contributed by atoms with Gasteiger partial charge in [0, 0.05) is 25.7 Å². The van der Waals surface area contributed by atoms with Gasteiger partial charge in [-0.1, -0.05) is 0 Å². The number of nitro groups is 1. The van der Waals surface area contributed by atoms with E-state index in [4.69, 9.17) is 0 Å². The fraction of sp³-hybridized carbons (Fsp3) is 0.417. The highest BCUT2D eigenvalue weighted by atomic mass is 19.2. The zero-order chi connectivity index (χ0) is 14.9. The quantitative estimate of drug-likeness (QED) is 0.656. The van der Waals surface area contributed by atoms with E-state index in [-0.39, 0.29) is 6.04 Å². The van der Waals surface area contributed by atoms with Gasteiger partial charge in [0.15, 0.2) is 11.6 Å². The number of nitrogens with one attached hydrogen (secondary N) is 1. The number of benzene rings is 1. The third-order valence-corrected chi connectivity index (χ3v) is 3.12. The highest BCUT2D eigenvalue weighted by Gasteiger charge is 2.29. The second-order valence-electron chi connectivity index (χ2n) is 4.65. The number of rotatable bonds is 2. The average Bonchev–Trinajstić information content (AvgIpc) is 2.40. The van der Waals surface area contributed by atoms with Gasteiger partial charge in [-0.25, -0.2) is 8.78 Å². The maximum Gasteiger partial charge on any atom is 0.285 e. The lowest BCUT2D eigenvalue weighted by Gasteiger charge is -2.31.